The van der Waals surface area contributed by atoms with Gasteiger partial charge >= 0.3 is 0 Å². The fourth-order valence-electron chi connectivity index (χ4n) is 1.76. The van der Waals surface area contributed by atoms with E-state index in [1.165, 1.54) is 6.07 Å². The van der Waals surface area contributed by atoms with Gasteiger partial charge in [-0.1, -0.05) is 0 Å². The molecular weight excluding hydrogens is 244 g/mol. The van der Waals surface area contributed by atoms with Crippen LogP contribution in [-0.4, -0.2) is 27.0 Å². The van der Waals surface area contributed by atoms with E-state index in [2.05, 4.69) is 19.9 Å². The Morgan fingerprint density at radius 3 is 3.00 bits per heavy atom. The minimum absolute atomic E-state index is 0.163. The highest BCUT2D eigenvalue weighted by Gasteiger charge is 2.06. The van der Waals surface area contributed by atoms with Crippen molar-refractivity contribution in [3.63, 3.8) is 0 Å². The average Bonchev–Trinajstić information content (AvgIpc) is 2.47. The second-order valence-electron chi connectivity index (χ2n) is 3.88. The molecule has 19 heavy (non-hydrogen) atoms. The first-order valence-electron chi connectivity index (χ1n) is 5.63. The molecule has 3 aromatic rings. The van der Waals surface area contributed by atoms with Crippen LogP contribution in [-0.2, 0) is 0 Å². The molecule has 6 nitrogen and oxygen atoms in total. The largest absolute Gasteiger partial charge is 0.481 e. The number of fused-ring (bicyclic) bond motifs is 1. The summed E-state index contributed by atoms with van der Waals surface area (Å²) in [5, 5.41) is 0. The van der Waals surface area contributed by atoms with Gasteiger partial charge < -0.3 is 9.72 Å². The second kappa shape index (κ2) is 4.49. The van der Waals surface area contributed by atoms with Crippen molar-refractivity contribution < 1.29 is 4.74 Å². The van der Waals surface area contributed by atoms with Gasteiger partial charge in [0.1, 0.15) is 0 Å². The van der Waals surface area contributed by atoms with E-state index in [9.17, 15) is 4.79 Å². The Morgan fingerprint density at radius 2 is 2.16 bits per heavy atom. The Balaban J connectivity index is 2.20. The van der Waals surface area contributed by atoms with Crippen molar-refractivity contribution in [1.29, 1.82) is 0 Å². The Bertz CT molecular complexity index is 798. The summed E-state index contributed by atoms with van der Waals surface area (Å²) in [5.74, 6) is 0.487. The Kier molecular flexibility index (Phi) is 2.68. The molecule has 3 aromatic heterocycles. The molecule has 0 radical (unpaired) electrons. The number of hydrogen-bond donors (Lipinski definition) is 1. The second-order valence-corrected chi connectivity index (χ2v) is 3.88. The third-order valence-electron chi connectivity index (χ3n) is 2.70. The third kappa shape index (κ3) is 2.03. The SMILES string of the molecule is COc1cc(-c2cnc3[nH]ccc(=O)c3n2)ccn1. The Labute approximate surface area is 108 Å². The molecule has 0 spiro atoms. The molecule has 0 saturated carbocycles. The lowest BCUT2D eigenvalue weighted by atomic mass is 10.2. The maximum atomic E-state index is 11.7. The number of ether oxygens (including phenoxy) is 1. The van der Waals surface area contributed by atoms with Crippen LogP contribution in [0, 0.1) is 0 Å². The number of aromatic nitrogens is 4. The molecule has 6 heteroatoms. The standard InChI is InChI=1S/C13H10N4O2/c1-19-11-6-8(2-4-14-11)9-7-16-13-12(17-9)10(18)3-5-15-13/h2-7H,1H3,(H,15,16,18). The molecule has 1 N–H and O–H groups in total. The lowest BCUT2D eigenvalue weighted by molar-refractivity contribution is 0.398. The van der Waals surface area contributed by atoms with E-state index in [0.717, 1.165) is 5.56 Å². The average molecular weight is 254 g/mol. The minimum atomic E-state index is -0.163. The van der Waals surface area contributed by atoms with Crippen LogP contribution in [0.1, 0.15) is 0 Å². The maximum absolute atomic E-state index is 11.7. The fourth-order valence-corrected chi connectivity index (χ4v) is 1.76. The van der Waals surface area contributed by atoms with Gasteiger partial charge in [-0.15, -0.1) is 0 Å². The highest BCUT2D eigenvalue weighted by atomic mass is 16.5. The topological polar surface area (TPSA) is 80.8 Å². The molecule has 0 aliphatic heterocycles. The number of hydrogen-bond acceptors (Lipinski definition) is 5. The third-order valence-corrected chi connectivity index (χ3v) is 2.70. The molecule has 0 aromatic carbocycles. The first-order valence-corrected chi connectivity index (χ1v) is 5.63. The van der Waals surface area contributed by atoms with Crippen LogP contribution in [0.2, 0.25) is 0 Å². The zero-order valence-electron chi connectivity index (χ0n) is 10.1. The highest BCUT2D eigenvalue weighted by molar-refractivity contribution is 5.73. The van der Waals surface area contributed by atoms with Gasteiger partial charge in [0.2, 0.25) is 11.3 Å². The molecule has 0 aliphatic rings. The van der Waals surface area contributed by atoms with Crippen LogP contribution in [0.15, 0.2) is 41.6 Å². The molecule has 0 unspecified atom stereocenters. The number of methoxy groups -OCH3 is 1. The van der Waals surface area contributed by atoms with Crippen LogP contribution in [0.5, 0.6) is 5.88 Å². The monoisotopic (exact) mass is 254 g/mol. The predicted molar refractivity (Wildman–Crippen MR) is 69.9 cm³/mol. The van der Waals surface area contributed by atoms with Gasteiger partial charge in [-0.05, 0) is 6.07 Å². The normalized spacial score (nSPS) is 10.6. The quantitative estimate of drug-likeness (QED) is 0.747. The zero-order chi connectivity index (χ0) is 13.2. The van der Waals surface area contributed by atoms with E-state index in [-0.39, 0.29) is 5.43 Å². The number of nitrogens with zero attached hydrogens (tertiary/aromatic N) is 3. The van der Waals surface area contributed by atoms with Gasteiger partial charge in [-0.25, -0.2) is 15.0 Å². The van der Waals surface area contributed by atoms with Crippen molar-refractivity contribution >= 4 is 11.2 Å². The summed E-state index contributed by atoms with van der Waals surface area (Å²) < 4.78 is 5.06. The molecule has 0 aliphatic carbocycles. The van der Waals surface area contributed by atoms with Crippen molar-refractivity contribution in [3.05, 3.63) is 47.0 Å². The summed E-state index contributed by atoms with van der Waals surface area (Å²) in [4.78, 5) is 27.2. The summed E-state index contributed by atoms with van der Waals surface area (Å²) in [7, 11) is 1.54. The molecule has 0 bridgehead atoms. The summed E-state index contributed by atoms with van der Waals surface area (Å²) >= 11 is 0. The number of pyridine rings is 2. The Hall–Kier alpha value is -2.76. The molecular formula is C13H10N4O2. The van der Waals surface area contributed by atoms with Crippen LogP contribution in [0.4, 0.5) is 0 Å². The molecule has 0 amide bonds. The summed E-state index contributed by atoms with van der Waals surface area (Å²) in [6.07, 6.45) is 4.77. The van der Waals surface area contributed by atoms with E-state index in [4.69, 9.17) is 4.74 Å². The van der Waals surface area contributed by atoms with Crippen LogP contribution in [0.3, 0.4) is 0 Å². The number of nitrogens with one attached hydrogen (secondary N) is 1. The minimum Gasteiger partial charge on any atom is -0.481 e. The van der Waals surface area contributed by atoms with E-state index in [0.29, 0.717) is 22.7 Å². The van der Waals surface area contributed by atoms with Crippen molar-refractivity contribution in [2.75, 3.05) is 7.11 Å². The van der Waals surface area contributed by atoms with E-state index >= 15 is 0 Å². The number of aromatic amines is 1. The lowest BCUT2D eigenvalue weighted by Gasteiger charge is -2.03. The molecule has 3 heterocycles. The first-order chi connectivity index (χ1) is 9.28. The van der Waals surface area contributed by atoms with Crippen LogP contribution in [0.25, 0.3) is 22.4 Å². The van der Waals surface area contributed by atoms with Crippen LogP contribution >= 0.6 is 0 Å². The van der Waals surface area contributed by atoms with Gasteiger partial charge in [0, 0.05) is 30.1 Å². The van der Waals surface area contributed by atoms with Crippen molar-refractivity contribution in [1.82, 2.24) is 19.9 Å². The lowest BCUT2D eigenvalue weighted by Crippen LogP contribution is -2.04. The first kappa shape index (κ1) is 11.3. The van der Waals surface area contributed by atoms with Gasteiger partial charge in [0.15, 0.2) is 11.2 Å². The predicted octanol–water partition coefficient (Wildman–Crippen LogP) is 1.39. The number of rotatable bonds is 2. The van der Waals surface area contributed by atoms with Crippen molar-refractivity contribution in [2.24, 2.45) is 0 Å². The van der Waals surface area contributed by atoms with E-state index in [1.807, 2.05) is 0 Å². The highest BCUT2D eigenvalue weighted by Crippen LogP contribution is 2.20. The molecule has 0 fully saturated rings. The van der Waals surface area contributed by atoms with Crippen molar-refractivity contribution in [2.45, 2.75) is 0 Å². The van der Waals surface area contributed by atoms with Gasteiger partial charge in [-0.2, -0.15) is 0 Å². The fraction of sp³-hybridized carbons (Fsp3) is 0.0769. The summed E-state index contributed by atoms with van der Waals surface area (Å²) in [5.41, 5.74) is 2.02. The van der Waals surface area contributed by atoms with E-state index < -0.39 is 0 Å². The molecule has 94 valence electrons. The van der Waals surface area contributed by atoms with Crippen molar-refractivity contribution in [3.8, 4) is 17.1 Å². The molecule has 0 atom stereocenters. The number of H-pyrrole nitrogens is 1. The van der Waals surface area contributed by atoms with Gasteiger partial charge in [0.05, 0.1) is 19.0 Å². The summed E-state index contributed by atoms with van der Waals surface area (Å²) in [6.45, 7) is 0. The molecule has 0 saturated heterocycles. The Morgan fingerprint density at radius 1 is 1.26 bits per heavy atom. The van der Waals surface area contributed by atoms with Gasteiger partial charge in [0.25, 0.3) is 0 Å². The van der Waals surface area contributed by atoms with E-state index in [1.54, 1.807) is 37.8 Å². The summed E-state index contributed by atoms with van der Waals surface area (Å²) in [6, 6.07) is 4.95. The van der Waals surface area contributed by atoms with Gasteiger partial charge in [-0.3, -0.25) is 4.79 Å². The maximum Gasteiger partial charge on any atom is 0.213 e. The zero-order valence-corrected chi connectivity index (χ0v) is 10.1. The molecule has 3 rings (SSSR count). The van der Waals surface area contributed by atoms with Crippen LogP contribution < -0.4 is 10.2 Å². The smallest absolute Gasteiger partial charge is 0.213 e.